The van der Waals surface area contributed by atoms with E-state index < -0.39 is 12.1 Å². The molecule has 1 heterocycles. The molecule has 3 aromatic rings. The van der Waals surface area contributed by atoms with Gasteiger partial charge in [0.2, 0.25) is 5.91 Å². The highest BCUT2D eigenvalue weighted by molar-refractivity contribution is 7.99. The van der Waals surface area contributed by atoms with Crippen LogP contribution in [0.2, 0.25) is 0 Å². The van der Waals surface area contributed by atoms with Gasteiger partial charge in [-0.2, -0.15) is 0 Å². The Bertz CT molecular complexity index is 1190. The van der Waals surface area contributed by atoms with Crippen LogP contribution in [0.5, 0.6) is 5.75 Å². The second-order valence-electron chi connectivity index (χ2n) is 7.84. The number of anilines is 1. The molecule has 190 valence electrons. The Morgan fingerprint density at radius 3 is 2.39 bits per heavy atom. The van der Waals surface area contributed by atoms with E-state index in [1.807, 2.05) is 24.3 Å². The maximum atomic E-state index is 12.4. The lowest BCUT2D eigenvalue weighted by Crippen LogP contribution is -2.36. The molecule has 0 aliphatic carbocycles. The molecule has 0 spiro atoms. The maximum Gasteiger partial charge on any atom is 0.337 e. The lowest BCUT2D eigenvalue weighted by atomic mass is 10.2. The number of carbonyl (C=O) groups excluding carboxylic acids is 3. The van der Waals surface area contributed by atoms with Gasteiger partial charge in [-0.05, 0) is 55.3 Å². The van der Waals surface area contributed by atoms with Crippen LogP contribution in [0.4, 0.5) is 5.69 Å². The minimum absolute atomic E-state index is 0.110. The molecule has 1 atom stereocenters. The number of rotatable bonds is 11. The van der Waals surface area contributed by atoms with E-state index in [4.69, 9.17) is 4.74 Å². The molecule has 10 nitrogen and oxygen atoms in total. The van der Waals surface area contributed by atoms with Gasteiger partial charge in [0, 0.05) is 12.7 Å². The van der Waals surface area contributed by atoms with Crippen molar-refractivity contribution in [2.75, 3.05) is 18.2 Å². The van der Waals surface area contributed by atoms with E-state index >= 15 is 0 Å². The fourth-order valence-corrected chi connectivity index (χ4v) is 3.86. The van der Waals surface area contributed by atoms with Crippen LogP contribution in [0.15, 0.2) is 53.7 Å². The van der Waals surface area contributed by atoms with E-state index in [0.717, 1.165) is 6.42 Å². The fraction of sp³-hybridized carbons (Fsp3) is 0.320. The smallest absolute Gasteiger partial charge is 0.337 e. The zero-order valence-electron chi connectivity index (χ0n) is 20.6. The zero-order valence-corrected chi connectivity index (χ0v) is 21.4. The number of amides is 2. The molecule has 36 heavy (non-hydrogen) atoms. The van der Waals surface area contributed by atoms with Crippen LogP contribution in [0.1, 0.15) is 35.6 Å². The lowest BCUT2D eigenvalue weighted by Gasteiger charge is -2.15. The van der Waals surface area contributed by atoms with Crippen LogP contribution in [0.25, 0.3) is 0 Å². The Morgan fingerprint density at radius 1 is 1.06 bits per heavy atom. The van der Waals surface area contributed by atoms with Crippen LogP contribution in [0, 0.1) is 0 Å². The molecule has 2 amide bonds. The normalized spacial score (nSPS) is 11.4. The predicted molar refractivity (Wildman–Crippen MR) is 136 cm³/mol. The second-order valence-corrected chi connectivity index (χ2v) is 8.78. The molecular formula is C25H29N5O5S. The first-order valence-corrected chi connectivity index (χ1v) is 12.3. The minimum atomic E-state index is -0.676. The molecule has 11 heteroatoms. The molecule has 0 fully saturated rings. The number of nitrogens with zero attached hydrogens (tertiary/aromatic N) is 3. The Kier molecular flexibility index (Phi) is 9.46. The van der Waals surface area contributed by atoms with Crippen molar-refractivity contribution >= 4 is 35.2 Å². The van der Waals surface area contributed by atoms with Crippen LogP contribution < -0.4 is 15.4 Å². The lowest BCUT2D eigenvalue weighted by molar-refractivity contribution is -0.127. The molecule has 2 aromatic carbocycles. The van der Waals surface area contributed by atoms with Crippen molar-refractivity contribution in [3.05, 3.63) is 65.5 Å². The van der Waals surface area contributed by atoms with E-state index in [1.54, 1.807) is 42.8 Å². The highest BCUT2D eigenvalue weighted by Crippen LogP contribution is 2.18. The number of ether oxygens (including phenoxy) is 2. The Labute approximate surface area is 213 Å². The number of esters is 1. The highest BCUT2D eigenvalue weighted by Gasteiger charge is 2.17. The third-order valence-corrected chi connectivity index (χ3v) is 6.30. The largest absolute Gasteiger partial charge is 0.481 e. The predicted octanol–water partition coefficient (Wildman–Crippen LogP) is 2.98. The SMILES string of the molecule is CCc1ccc(O[C@H](C)C(=O)NCc2nnc(SCC(=O)Nc3ccc(C(=O)OC)cc3)n2C)cc1. The topological polar surface area (TPSA) is 124 Å². The van der Waals surface area contributed by atoms with Gasteiger partial charge in [-0.25, -0.2) is 4.79 Å². The van der Waals surface area contributed by atoms with E-state index in [-0.39, 0.29) is 24.1 Å². The van der Waals surface area contributed by atoms with E-state index in [2.05, 4.69) is 32.5 Å². The standard InChI is InChI=1S/C25H29N5O5S/c1-5-17-6-12-20(13-7-17)35-16(2)23(32)26-14-21-28-29-25(30(21)3)36-15-22(31)27-19-10-8-18(9-11-19)24(33)34-4/h6-13,16H,5,14-15H2,1-4H3,(H,26,32)(H,27,31)/t16-/m1/s1. The van der Waals surface area contributed by atoms with Gasteiger partial charge in [-0.3, -0.25) is 9.59 Å². The molecule has 0 bridgehead atoms. The average Bonchev–Trinajstić information content (AvgIpc) is 3.25. The molecule has 0 aliphatic rings. The number of aryl methyl sites for hydroxylation is 1. The molecular weight excluding hydrogens is 482 g/mol. The number of benzene rings is 2. The van der Waals surface area contributed by atoms with Crippen molar-refractivity contribution in [3.8, 4) is 5.75 Å². The highest BCUT2D eigenvalue weighted by atomic mass is 32.2. The molecule has 0 unspecified atom stereocenters. The summed E-state index contributed by atoms with van der Waals surface area (Å²) in [6.07, 6.45) is 0.260. The number of nitrogens with one attached hydrogen (secondary N) is 2. The Hall–Kier alpha value is -3.86. The summed E-state index contributed by atoms with van der Waals surface area (Å²) in [5, 5.41) is 14.3. The van der Waals surface area contributed by atoms with Crippen molar-refractivity contribution in [2.45, 2.75) is 38.1 Å². The van der Waals surface area contributed by atoms with Crippen molar-refractivity contribution < 1.29 is 23.9 Å². The van der Waals surface area contributed by atoms with Gasteiger partial charge in [-0.15, -0.1) is 10.2 Å². The molecule has 1 aromatic heterocycles. The van der Waals surface area contributed by atoms with Crippen LogP contribution in [-0.2, 0) is 34.3 Å². The van der Waals surface area contributed by atoms with E-state index in [1.165, 1.54) is 24.4 Å². The number of aromatic nitrogens is 3. The zero-order chi connectivity index (χ0) is 26.1. The van der Waals surface area contributed by atoms with Gasteiger partial charge in [0.1, 0.15) is 5.75 Å². The monoisotopic (exact) mass is 511 g/mol. The first kappa shape index (κ1) is 26.7. The summed E-state index contributed by atoms with van der Waals surface area (Å²) in [6.45, 7) is 3.93. The van der Waals surface area contributed by atoms with Crippen molar-refractivity contribution in [3.63, 3.8) is 0 Å². The Morgan fingerprint density at radius 2 is 1.75 bits per heavy atom. The third-order valence-electron chi connectivity index (χ3n) is 5.28. The summed E-state index contributed by atoms with van der Waals surface area (Å²) in [6, 6.07) is 14.0. The Balaban J connectivity index is 1.45. The second kappa shape index (κ2) is 12.7. The third kappa shape index (κ3) is 7.32. The number of carbonyl (C=O) groups is 3. The van der Waals surface area contributed by atoms with Crippen molar-refractivity contribution in [2.24, 2.45) is 7.05 Å². The number of methoxy groups -OCH3 is 1. The van der Waals surface area contributed by atoms with E-state index in [9.17, 15) is 14.4 Å². The van der Waals surface area contributed by atoms with Crippen molar-refractivity contribution in [1.82, 2.24) is 20.1 Å². The molecule has 3 rings (SSSR count). The van der Waals surface area contributed by atoms with Gasteiger partial charge in [0.25, 0.3) is 5.91 Å². The summed E-state index contributed by atoms with van der Waals surface area (Å²) >= 11 is 1.22. The van der Waals surface area contributed by atoms with Crippen LogP contribution in [-0.4, -0.2) is 51.5 Å². The van der Waals surface area contributed by atoms with Crippen molar-refractivity contribution in [1.29, 1.82) is 0 Å². The number of hydrogen-bond acceptors (Lipinski definition) is 8. The van der Waals surface area contributed by atoms with Crippen LogP contribution in [0.3, 0.4) is 0 Å². The summed E-state index contributed by atoms with van der Waals surface area (Å²) in [7, 11) is 3.08. The average molecular weight is 512 g/mol. The molecule has 0 saturated carbocycles. The van der Waals surface area contributed by atoms with Gasteiger partial charge in [-0.1, -0.05) is 30.8 Å². The fourth-order valence-electron chi connectivity index (χ4n) is 3.13. The first-order chi connectivity index (χ1) is 17.3. The summed E-state index contributed by atoms with van der Waals surface area (Å²) < 4.78 is 12.1. The molecule has 2 N–H and O–H groups in total. The van der Waals surface area contributed by atoms with Gasteiger partial charge < -0.3 is 24.7 Å². The number of thioether (sulfide) groups is 1. The van der Waals surface area contributed by atoms with E-state index in [0.29, 0.717) is 28.0 Å². The molecule has 0 radical (unpaired) electrons. The van der Waals surface area contributed by atoms with Gasteiger partial charge >= 0.3 is 5.97 Å². The molecule has 0 aliphatic heterocycles. The summed E-state index contributed by atoms with van der Waals surface area (Å²) in [4.78, 5) is 36.2. The molecule has 0 saturated heterocycles. The summed E-state index contributed by atoms with van der Waals surface area (Å²) in [5.74, 6) is 0.333. The maximum absolute atomic E-state index is 12.4. The van der Waals surface area contributed by atoms with Gasteiger partial charge in [0.05, 0.1) is 25.0 Å². The summed E-state index contributed by atoms with van der Waals surface area (Å²) in [5.41, 5.74) is 2.16. The van der Waals surface area contributed by atoms with Crippen LogP contribution >= 0.6 is 11.8 Å². The van der Waals surface area contributed by atoms with Gasteiger partial charge in [0.15, 0.2) is 17.1 Å². The minimum Gasteiger partial charge on any atom is -0.481 e. The first-order valence-electron chi connectivity index (χ1n) is 11.3. The number of hydrogen-bond donors (Lipinski definition) is 2. The quantitative estimate of drug-likeness (QED) is 0.297.